The quantitative estimate of drug-likeness (QED) is 0.637. The summed E-state index contributed by atoms with van der Waals surface area (Å²) in [6, 6.07) is 4.70. The van der Waals surface area contributed by atoms with Crippen molar-refractivity contribution in [2.75, 3.05) is 0 Å². The number of sulfone groups is 1. The first-order valence-electron chi connectivity index (χ1n) is 5.02. The molecule has 18 heavy (non-hydrogen) atoms. The third-order valence-corrected chi connectivity index (χ3v) is 4.63. The zero-order valence-electron chi connectivity index (χ0n) is 9.44. The Bertz CT molecular complexity index is 580. The van der Waals surface area contributed by atoms with Gasteiger partial charge in [-0.05, 0) is 12.5 Å². The third kappa shape index (κ3) is 2.48. The zero-order chi connectivity index (χ0) is 13.9. The SMILES string of the molecule is CCC(C(=O)O)S(=O)(=O)c1ccccc1[N+](=O)[O-]. The summed E-state index contributed by atoms with van der Waals surface area (Å²) in [4.78, 5) is 20.2. The standard InChI is InChI=1S/C10H11NO6S/c1-2-8(10(12)13)18(16,17)9-6-4-3-5-7(9)11(14)15/h3-6,8H,2H2,1H3,(H,12,13). The third-order valence-electron chi connectivity index (χ3n) is 2.39. The second-order valence-electron chi connectivity index (χ2n) is 3.50. The number of para-hydroxylation sites is 1. The topological polar surface area (TPSA) is 115 Å². The van der Waals surface area contributed by atoms with E-state index < -0.39 is 36.6 Å². The first kappa shape index (κ1) is 14.1. The number of carboxylic acid groups (broad SMARTS) is 1. The van der Waals surface area contributed by atoms with Gasteiger partial charge in [-0.15, -0.1) is 0 Å². The van der Waals surface area contributed by atoms with Gasteiger partial charge in [-0.1, -0.05) is 19.1 Å². The Morgan fingerprint density at radius 2 is 2.00 bits per heavy atom. The van der Waals surface area contributed by atoms with Crippen LogP contribution in [0.1, 0.15) is 13.3 Å². The monoisotopic (exact) mass is 273 g/mol. The van der Waals surface area contributed by atoms with Gasteiger partial charge < -0.3 is 5.11 Å². The number of carbonyl (C=O) groups is 1. The molecule has 1 rings (SSSR count). The summed E-state index contributed by atoms with van der Waals surface area (Å²) in [5.41, 5.74) is -0.614. The maximum Gasteiger partial charge on any atom is 0.322 e. The molecular formula is C10H11NO6S. The molecule has 0 fully saturated rings. The van der Waals surface area contributed by atoms with Gasteiger partial charge in [0, 0.05) is 6.07 Å². The fourth-order valence-electron chi connectivity index (χ4n) is 1.53. The number of rotatable bonds is 5. The lowest BCUT2D eigenvalue weighted by Crippen LogP contribution is -2.29. The number of carboxylic acids is 1. The van der Waals surface area contributed by atoms with E-state index in [0.29, 0.717) is 0 Å². The van der Waals surface area contributed by atoms with Gasteiger partial charge in [0.15, 0.2) is 15.1 Å². The van der Waals surface area contributed by atoms with Gasteiger partial charge in [0.1, 0.15) is 4.90 Å². The first-order chi connectivity index (χ1) is 8.32. The van der Waals surface area contributed by atoms with Crippen molar-refractivity contribution >= 4 is 21.5 Å². The van der Waals surface area contributed by atoms with Crippen molar-refractivity contribution in [3.8, 4) is 0 Å². The molecule has 0 aliphatic carbocycles. The average Bonchev–Trinajstić information content (AvgIpc) is 2.28. The van der Waals surface area contributed by atoms with Crippen molar-refractivity contribution in [1.82, 2.24) is 0 Å². The zero-order valence-corrected chi connectivity index (χ0v) is 10.3. The Hall–Kier alpha value is -1.96. The van der Waals surface area contributed by atoms with E-state index in [1.165, 1.54) is 19.1 Å². The second kappa shape index (κ2) is 5.13. The molecule has 0 aromatic heterocycles. The van der Waals surface area contributed by atoms with Crippen LogP contribution < -0.4 is 0 Å². The van der Waals surface area contributed by atoms with E-state index in [1.807, 2.05) is 0 Å². The highest BCUT2D eigenvalue weighted by Crippen LogP contribution is 2.27. The molecule has 1 unspecified atom stereocenters. The average molecular weight is 273 g/mol. The minimum Gasteiger partial charge on any atom is -0.480 e. The molecule has 0 radical (unpaired) electrons. The Kier molecular flexibility index (Phi) is 4.02. The van der Waals surface area contributed by atoms with Crippen LogP contribution in [0.3, 0.4) is 0 Å². The van der Waals surface area contributed by atoms with Crippen molar-refractivity contribution in [2.24, 2.45) is 0 Å². The molecule has 1 atom stereocenters. The van der Waals surface area contributed by atoms with Crippen LogP contribution in [0.25, 0.3) is 0 Å². The highest BCUT2D eigenvalue weighted by atomic mass is 32.2. The summed E-state index contributed by atoms with van der Waals surface area (Å²) in [6.07, 6.45) is -0.163. The van der Waals surface area contributed by atoms with Crippen molar-refractivity contribution in [2.45, 2.75) is 23.5 Å². The molecule has 0 saturated heterocycles. The van der Waals surface area contributed by atoms with E-state index in [0.717, 1.165) is 12.1 Å². The maximum atomic E-state index is 12.0. The van der Waals surface area contributed by atoms with Crippen molar-refractivity contribution in [1.29, 1.82) is 0 Å². The fourth-order valence-corrected chi connectivity index (χ4v) is 3.24. The Labute approximate surface area is 103 Å². The maximum absolute atomic E-state index is 12.0. The van der Waals surface area contributed by atoms with E-state index in [4.69, 9.17) is 5.11 Å². The number of nitro groups is 1. The minimum atomic E-state index is -4.27. The van der Waals surface area contributed by atoms with Gasteiger partial charge in [0.05, 0.1) is 4.92 Å². The smallest absolute Gasteiger partial charge is 0.322 e. The molecule has 0 heterocycles. The van der Waals surface area contributed by atoms with Crippen LogP contribution >= 0.6 is 0 Å². The molecule has 98 valence electrons. The lowest BCUT2D eigenvalue weighted by Gasteiger charge is -2.11. The van der Waals surface area contributed by atoms with Gasteiger partial charge >= 0.3 is 5.97 Å². The largest absolute Gasteiger partial charge is 0.480 e. The second-order valence-corrected chi connectivity index (χ2v) is 5.60. The molecular weight excluding hydrogens is 262 g/mol. The Morgan fingerprint density at radius 3 is 2.44 bits per heavy atom. The molecule has 0 amide bonds. The predicted octanol–water partition coefficient (Wildman–Crippen LogP) is 1.23. The Morgan fingerprint density at radius 1 is 1.44 bits per heavy atom. The molecule has 1 aromatic carbocycles. The highest BCUT2D eigenvalue weighted by molar-refractivity contribution is 7.93. The number of benzene rings is 1. The van der Waals surface area contributed by atoms with Crippen molar-refractivity contribution in [3.05, 3.63) is 34.4 Å². The molecule has 1 N–H and O–H groups in total. The number of hydrogen-bond acceptors (Lipinski definition) is 5. The molecule has 0 aliphatic heterocycles. The van der Waals surface area contributed by atoms with Crippen molar-refractivity contribution < 1.29 is 23.2 Å². The number of hydrogen-bond donors (Lipinski definition) is 1. The van der Waals surface area contributed by atoms with E-state index in [1.54, 1.807) is 0 Å². The van der Waals surface area contributed by atoms with E-state index >= 15 is 0 Å². The van der Waals surface area contributed by atoms with E-state index in [-0.39, 0.29) is 6.42 Å². The van der Waals surface area contributed by atoms with Crippen molar-refractivity contribution in [3.63, 3.8) is 0 Å². The van der Waals surface area contributed by atoms with Crippen LogP contribution in [0.4, 0.5) is 5.69 Å². The van der Waals surface area contributed by atoms with Gasteiger partial charge in [0.2, 0.25) is 0 Å². The number of nitrogens with zero attached hydrogens (tertiary/aromatic N) is 1. The van der Waals surface area contributed by atoms with Gasteiger partial charge in [-0.2, -0.15) is 0 Å². The lowest BCUT2D eigenvalue weighted by atomic mass is 10.3. The van der Waals surface area contributed by atoms with Crippen LogP contribution in [0, 0.1) is 10.1 Å². The minimum absolute atomic E-state index is 0.163. The summed E-state index contributed by atoms with van der Waals surface area (Å²) < 4.78 is 24.1. The number of nitro benzene ring substituents is 1. The van der Waals surface area contributed by atoms with E-state index in [2.05, 4.69) is 0 Å². The van der Waals surface area contributed by atoms with E-state index in [9.17, 15) is 23.3 Å². The summed E-state index contributed by atoms with van der Waals surface area (Å²) in [5.74, 6) is -1.52. The van der Waals surface area contributed by atoms with Gasteiger partial charge in [-0.3, -0.25) is 14.9 Å². The number of aliphatic carboxylic acids is 1. The summed E-state index contributed by atoms with van der Waals surface area (Å²) in [6.45, 7) is 1.39. The predicted molar refractivity (Wildman–Crippen MR) is 62.0 cm³/mol. The fraction of sp³-hybridized carbons (Fsp3) is 0.300. The van der Waals surface area contributed by atoms with Crippen LogP contribution in [0.2, 0.25) is 0 Å². The van der Waals surface area contributed by atoms with Gasteiger partial charge in [0.25, 0.3) is 5.69 Å². The van der Waals surface area contributed by atoms with Gasteiger partial charge in [-0.25, -0.2) is 8.42 Å². The normalized spacial score (nSPS) is 12.9. The Balaban J connectivity index is 3.46. The lowest BCUT2D eigenvalue weighted by molar-refractivity contribution is -0.387. The molecule has 0 saturated carbocycles. The molecule has 1 aromatic rings. The molecule has 7 nitrogen and oxygen atoms in total. The van der Waals surface area contributed by atoms with Crippen LogP contribution in [-0.4, -0.2) is 29.7 Å². The summed E-state index contributed by atoms with van der Waals surface area (Å²) >= 11 is 0. The molecule has 0 bridgehead atoms. The van der Waals surface area contributed by atoms with Crippen LogP contribution in [0.5, 0.6) is 0 Å². The molecule has 8 heteroatoms. The first-order valence-corrected chi connectivity index (χ1v) is 6.57. The molecule has 0 aliphatic rings. The summed E-state index contributed by atoms with van der Waals surface area (Å²) in [7, 11) is -4.27. The molecule has 0 spiro atoms. The summed E-state index contributed by atoms with van der Waals surface area (Å²) in [5, 5.41) is 17.9. The van der Waals surface area contributed by atoms with Crippen LogP contribution in [0.15, 0.2) is 29.2 Å². The van der Waals surface area contributed by atoms with Crippen LogP contribution in [-0.2, 0) is 14.6 Å². The highest BCUT2D eigenvalue weighted by Gasteiger charge is 2.36.